The van der Waals surface area contributed by atoms with Crippen LogP contribution in [0.3, 0.4) is 0 Å². The lowest BCUT2D eigenvalue weighted by molar-refractivity contribution is 0.0525. The van der Waals surface area contributed by atoms with E-state index in [1.165, 1.54) is 12.1 Å². The first-order chi connectivity index (χ1) is 9.97. The van der Waals surface area contributed by atoms with Crippen LogP contribution in [0.4, 0.5) is 8.78 Å². The summed E-state index contributed by atoms with van der Waals surface area (Å²) >= 11 is 0. The molecular weight excluding hydrogens is 270 g/mol. The molecule has 0 spiro atoms. The number of halogens is 2. The predicted molar refractivity (Wildman–Crippen MR) is 81.2 cm³/mol. The Labute approximate surface area is 123 Å². The number of rotatable bonds is 5. The Morgan fingerprint density at radius 2 is 1.81 bits per heavy atom. The zero-order chi connectivity index (χ0) is 15.5. The second-order valence-corrected chi connectivity index (χ2v) is 4.86. The number of benzene rings is 2. The van der Waals surface area contributed by atoms with Crippen LogP contribution in [0.2, 0.25) is 0 Å². The molecular formula is C18H18F2O. The first-order valence-corrected chi connectivity index (χ1v) is 6.86. The topological polar surface area (TPSA) is 9.23 Å². The van der Waals surface area contributed by atoms with Crippen molar-refractivity contribution in [1.82, 2.24) is 0 Å². The first-order valence-electron chi connectivity index (χ1n) is 6.86. The smallest absolute Gasteiger partial charge is 0.291 e. The third-order valence-electron chi connectivity index (χ3n) is 3.44. The van der Waals surface area contributed by atoms with Gasteiger partial charge in [-0.15, -0.1) is 0 Å². The lowest BCUT2D eigenvalue weighted by Crippen LogP contribution is -2.08. The van der Waals surface area contributed by atoms with Crippen LogP contribution in [0.1, 0.15) is 23.6 Å². The average Bonchev–Trinajstić information content (AvgIpc) is 2.48. The Hall–Kier alpha value is -2.16. The zero-order valence-electron chi connectivity index (χ0n) is 12.2. The molecule has 0 bridgehead atoms. The van der Waals surface area contributed by atoms with Gasteiger partial charge in [-0.1, -0.05) is 25.6 Å². The molecule has 0 unspecified atom stereocenters. The summed E-state index contributed by atoms with van der Waals surface area (Å²) in [5.74, 6) is -1.71. The SMILES string of the molecule is C=CC(F)(F)c1ccc(Oc2cccc(C)c2CC)cc1. The summed E-state index contributed by atoms with van der Waals surface area (Å²) in [7, 11) is 0. The lowest BCUT2D eigenvalue weighted by atomic mass is 10.1. The van der Waals surface area contributed by atoms with Crippen molar-refractivity contribution in [3.8, 4) is 11.5 Å². The fraction of sp³-hybridized carbons (Fsp3) is 0.222. The normalized spacial score (nSPS) is 11.2. The Bertz CT molecular complexity index is 630. The van der Waals surface area contributed by atoms with Crippen molar-refractivity contribution >= 4 is 0 Å². The van der Waals surface area contributed by atoms with Crippen LogP contribution in [0, 0.1) is 6.92 Å². The van der Waals surface area contributed by atoms with Crippen LogP contribution in [-0.2, 0) is 12.3 Å². The monoisotopic (exact) mass is 288 g/mol. The summed E-state index contributed by atoms with van der Waals surface area (Å²) in [5.41, 5.74) is 2.19. The van der Waals surface area contributed by atoms with Crippen molar-refractivity contribution in [3.05, 3.63) is 71.8 Å². The molecule has 0 aromatic heterocycles. The van der Waals surface area contributed by atoms with Gasteiger partial charge in [0.15, 0.2) is 0 Å². The fourth-order valence-corrected chi connectivity index (χ4v) is 2.21. The maximum atomic E-state index is 13.5. The Kier molecular flexibility index (Phi) is 4.41. The standard InChI is InChI=1S/C18H18F2O/c1-4-16-13(3)7-6-8-17(16)21-15-11-9-14(10-12-15)18(19,20)5-2/h5-12H,2,4H2,1,3H3. The molecule has 0 radical (unpaired) electrons. The van der Waals surface area contributed by atoms with E-state index in [9.17, 15) is 8.78 Å². The van der Waals surface area contributed by atoms with Crippen LogP contribution >= 0.6 is 0 Å². The van der Waals surface area contributed by atoms with Crippen LogP contribution in [0.25, 0.3) is 0 Å². The fourth-order valence-electron chi connectivity index (χ4n) is 2.21. The van der Waals surface area contributed by atoms with Gasteiger partial charge >= 0.3 is 0 Å². The summed E-state index contributed by atoms with van der Waals surface area (Å²) in [6.07, 6.45) is 1.49. The van der Waals surface area contributed by atoms with E-state index in [0.29, 0.717) is 11.8 Å². The van der Waals surface area contributed by atoms with Gasteiger partial charge in [-0.2, -0.15) is 8.78 Å². The van der Waals surface area contributed by atoms with Gasteiger partial charge in [-0.05, 0) is 60.9 Å². The van der Waals surface area contributed by atoms with Crippen molar-refractivity contribution in [3.63, 3.8) is 0 Å². The summed E-state index contributed by atoms with van der Waals surface area (Å²) in [5, 5.41) is 0. The molecule has 2 aromatic carbocycles. The van der Waals surface area contributed by atoms with Crippen molar-refractivity contribution in [2.75, 3.05) is 0 Å². The molecule has 0 N–H and O–H groups in total. The maximum Gasteiger partial charge on any atom is 0.291 e. The molecule has 2 rings (SSSR count). The number of allylic oxidation sites excluding steroid dienone is 1. The van der Waals surface area contributed by atoms with Crippen molar-refractivity contribution in [2.45, 2.75) is 26.2 Å². The van der Waals surface area contributed by atoms with E-state index < -0.39 is 5.92 Å². The molecule has 0 amide bonds. The quantitative estimate of drug-likeness (QED) is 0.648. The van der Waals surface area contributed by atoms with E-state index in [0.717, 1.165) is 23.3 Å². The molecule has 0 saturated heterocycles. The number of hydrogen-bond donors (Lipinski definition) is 0. The minimum Gasteiger partial charge on any atom is -0.457 e. The molecule has 2 aromatic rings. The van der Waals surface area contributed by atoms with Gasteiger partial charge in [0.05, 0.1) is 0 Å². The van der Waals surface area contributed by atoms with E-state index in [2.05, 4.69) is 13.5 Å². The Balaban J connectivity index is 2.26. The minimum absolute atomic E-state index is 0.0928. The highest BCUT2D eigenvalue weighted by Crippen LogP contribution is 2.32. The average molecular weight is 288 g/mol. The molecule has 0 atom stereocenters. The summed E-state index contributed by atoms with van der Waals surface area (Å²) < 4.78 is 32.7. The van der Waals surface area contributed by atoms with Gasteiger partial charge in [0.25, 0.3) is 5.92 Å². The predicted octanol–water partition coefficient (Wildman–Crippen LogP) is 5.63. The highest BCUT2D eigenvalue weighted by Gasteiger charge is 2.26. The molecule has 0 saturated carbocycles. The van der Waals surface area contributed by atoms with Crippen LogP contribution < -0.4 is 4.74 Å². The second kappa shape index (κ2) is 6.08. The number of ether oxygens (including phenoxy) is 1. The molecule has 0 aliphatic rings. The first kappa shape index (κ1) is 15.2. The van der Waals surface area contributed by atoms with Gasteiger partial charge in [0, 0.05) is 5.56 Å². The molecule has 0 heterocycles. The molecule has 0 fully saturated rings. The third-order valence-corrected chi connectivity index (χ3v) is 3.44. The van der Waals surface area contributed by atoms with Gasteiger partial charge in [-0.3, -0.25) is 0 Å². The highest BCUT2D eigenvalue weighted by molar-refractivity contribution is 5.43. The summed E-state index contributed by atoms with van der Waals surface area (Å²) in [6, 6.07) is 11.7. The van der Waals surface area contributed by atoms with E-state index >= 15 is 0 Å². The number of alkyl halides is 2. The molecule has 1 nitrogen and oxygen atoms in total. The second-order valence-electron chi connectivity index (χ2n) is 4.86. The molecule has 110 valence electrons. The van der Waals surface area contributed by atoms with E-state index in [-0.39, 0.29) is 5.56 Å². The Morgan fingerprint density at radius 1 is 1.14 bits per heavy atom. The maximum absolute atomic E-state index is 13.5. The van der Waals surface area contributed by atoms with Crippen LogP contribution in [0.5, 0.6) is 11.5 Å². The van der Waals surface area contributed by atoms with Crippen molar-refractivity contribution in [1.29, 1.82) is 0 Å². The van der Waals surface area contributed by atoms with Crippen LogP contribution in [-0.4, -0.2) is 0 Å². The lowest BCUT2D eigenvalue weighted by Gasteiger charge is -2.14. The largest absolute Gasteiger partial charge is 0.457 e. The van der Waals surface area contributed by atoms with Gasteiger partial charge < -0.3 is 4.74 Å². The van der Waals surface area contributed by atoms with E-state index in [1.807, 2.05) is 25.1 Å². The van der Waals surface area contributed by atoms with Gasteiger partial charge in [0.2, 0.25) is 0 Å². The summed E-state index contributed by atoms with van der Waals surface area (Å²) in [6.45, 7) is 7.24. The Morgan fingerprint density at radius 3 is 2.38 bits per heavy atom. The zero-order valence-corrected chi connectivity index (χ0v) is 12.2. The minimum atomic E-state index is -3.02. The molecule has 3 heteroatoms. The highest BCUT2D eigenvalue weighted by atomic mass is 19.3. The summed E-state index contributed by atoms with van der Waals surface area (Å²) in [4.78, 5) is 0. The van der Waals surface area contributed by atoms with Crippen molar-refractivity contribution in [2.24, 2.45) is 0 Å². The van der Waals surface area contributed by atoms with Gasteiger partial charge in [-0.25, -0.2) is 0 Å². The van der Waals surface area contributed by atoms with Gasteiger partial charge in [0.1, 0.15) is 11.5 Å². The number of aryl methyl sites for hydroxylation is 1. The molecule has 21 heavy (non-hydrogen) atoms. The van der Waals surface area contributed by atoms with Crippen molar-refractivity contribution < 1.29 is 13.5 Å². The van der Waals surface area contributed by atoms with Crippen LogP contribution in [0.15, 0.2) is 55.1 Å². The van der Waals surface area contributed by atoms with E-state index in [4.69, 9.17) is 4.74 Å². The third kappa shape index (κ3) is 3.30. The van der Waals surface area contributed by atoms with E-state index in [1.54, 1.807) is 12.1 Å². The molecule has 0 aliphatic carbocycles. The number of hydrogen-bond acceptors (Lipinski definition) is 1. The molecule has 0 aliphatic heterocycles.